The van der Waals surface area contributed by atoms with Crippen molar-refractivity contribution in [3.63, 3.8) is 0 Å². The van der Waals surface area contributed by atoms with Crippen LogP contribution in [0.25, 0.3) is 71.6 Å². The summed E-state index contributed by atoms with van der Waals surface area (Å²) in [6, 6.07) is 52.6. The first-order valence-electron chi connectivity index (χ1n) is 14.0. The second-order valence-corrected chi connectivity index (χ2v) is 10.7. The smallest absolute Gasteiger partial charge is 0.0562 e. The second-order valence-electron chi connectivity index (χ2n) is 10.7. The van der Waals surface area contributed by atoms with Crippen LogP contribution in [0, 0.1) is 0 Å². The van der Waals surface area contributed by atoms with E-state index in [9.17, 15) is 0 Å². The Morgan fingerprint density at radius 2 is 0.829 bits per heavy atom. The zero-order chi connectivity index (χ0) is 26.9. The minimum Gasteiger partial charge on any atom is -0.316 e. The summed E-state index contributed by atoms with van der Waals surface area (Å²) in [5.74, 6) is 0. The van der Waals surface area contributed by atoms with Gasteiger partial charge in [0.2, 0.25) is 0 Å². The minimum absolute atomic E-state index is 1.15. The Hall–Kier alpha value is -5.54. The molecule has 0 N–H and O–H groups in total. The molecule has 0 unspecified atom stereocenters. The summed E-state index contributed by atoms with van der Waals surface area (Å²) in [4.78, 5) is 0. The van der Waals surface area contributed by atoms with E-state index >= 15 is 0 Å². The molecule has 3 nitrogen and oxygen atoms in total. The molecule has 192 valence electrons. The van der Waals surface area contributed by atoms with Gasteiger partial charge in [-0.15, -0.1) is 0 Å². The monoisotopic (exact) mass is 523 g/mol. The Morgan fingerprint density at radius 1 is 0.317 bits per heavy atom. The van der Waals surface area contributed by atoms with Crippen LogP contribution in [0.4, 0.5) is 0 Å². The molecule has 3 heterocycles. The maximum absolute atomic E-state index is 2.42. The van der Waals surface area contributed by atoms with Gasteiger partial charge in [0.25, 0.3) is 0 Å². The highest BCUT2D eigenvalue weighted by molar-refractivity contribution is 6.13. The van der Waals surface area contributed by atoms with Gasteiger partial charge in [0, 0.05) is 50.2 Å². The third-order valence-electron chi connectivity index (χ3n) is 8.44. The van der Waals surface area contributed by atoms with Crippen LogP contribution in [-0.4, -0.2) is 13.7 Å². The Kier molecular flexibility index (Phi) is 4.61. The van der Waals surface area contributed by atoms with Gasteiger partial charge in [-0.05, 0) is 66.7 Å². The first-order valence-corrected chi connectivity index (χ1v) is 14.0. The molecular formula is C38H25N3. The van der Waals surface area contributed by atoms with Crippen molar-refractivity contribution in [3.05, 3.63) is 152 Å². The largest absolute Gasteiger partial charge is 0.316 e. The van der Waals surface area contributed by atoms with Gasteiger partial charge < -0.3 is 13.7 Å². The molecule has 0 aliphatic rings. The van der Waals surface area contributed by atoms with Crippen molar-refractivity contribution in [1.29, 1.82) is 0 Å². The van der Waals surface area contributed by atoms with Crippen LogP contribution >= 0.6 is 0 Å². The SMILES string of the molecule is c1ccc(-n2ccc3cc4c5ccccc5n(-c5cccc(-n6c7ccccc7c7ccccc76)c5)c4cc32)cc1. The van der Waals surface area contributed by atoms with Crippen LogP contribution in [0.2, 0.25) is 0 Å². The third kappa shape index (κ3) is 3.20. The lowest BCUT2D eigenvalue weighted by Gasteiger charge is -2.13. The summed E-state index contributed by atoms with van der Waals surface area (Å²) in [5.41, 5.74) is 9.51. The summed E-state index contributed by atoms with van der Waals surface area (Å²) in [7, 11) is 0. The fraction of sp³-hybridized carbons (Fsp3) is 0. The summed E-state index contributed by atoms with van der Waals surface area (Å²) in [5, 5.41) is 6.31. The van der Waals surface area contributed by atoms with Gasteiger partial charge in [0.05, 0.1) is 27.6 Å². The average molecular weight is 524 g/mol. The van der Waals surface area contributed by atoms with E-state index in [2.05, 4.69) is 165 Å². The van der Waals surface area contributed by atoms with Gasteiger partial charge >= 0.3 is 0 Å². The number of rotatable bonds is 3. The van der Waals surface area contributed by atoms with Crippen molar-refractivity contribution < 1.29 is 0 Å². The molecule has 9 rings (SSSR count). The van der Waals surface area contributed by atoms with Crippen molar-refractivity contribution >= 4 is 54.5 Å². The highest BCUT2D eigenvalue weighted by Crippen LogP contribution is 2.37. The molecule has 0 amide bonds. The molecule has 9 aromatic rings. The summed E-state index contributed by atoms with van der Waals surface area (Å²) in [6.45, 7) is 0. The van der Waals surface area contributed by atoms with E-state index in [0.717, 1.165) is 17.1 Å². The van der Waals surface area contributed by atoms with Crippen LogP contribution < -0.4 is 0 Å². The summed E-state index contributed by atoms with van der Waals surface area (Å²) < 4.78 is 7.09. The molecule has 0 spiro atoms. The van der Waals surface area contributed by atoms with E-state index in [1.54, 1.807) is 0 Å². The van der Waals surface area contributed by atoms with E-state index in [1.165, 1.54) is 54.5 Å². The molecule has 0 atom stereocenters. The molecule has 0 fully saturated rings. The molecule has 0 saturated heterocycles. The maximum Gasteiger partial charge on any atom is 0.0562 e. The van der Waals surface area contributed by atoms with Crippen molar-refractivity contribution in [2.75, 3.05) is 0 Å². The number of benzene rings is 6. The number of fused-ring (bicyclic) bond motifs is 7. The fourth-order valence-electron chi connectivity index (χ4n) is 6.66. The molecule has 3 aromatic heterocycles. The Bertz CT molecular complexity index is 2360. The minimum atomic E-state index is 1.15. The standard InChI is InChI=1S/C38H25N3/c1-2-11-27(12-3-1)39-22-21-26-23-33-32-17-6-9-20-36(32)41(38(33)25-37(26)39)29-14-10-13-28(24-29)40-34-18-7-4-15-30(34)31-16-5-8-19-35(31)40/h1-25H. The van der Waals surface area contributed by atoms with Crippen LogP contribution in [0.15, 0.2) is 152 Å². The van der Waals surface area contributed by atoms with E-state index in [0.29, 0.717) is 0 Å². The molecule has 0 aliphatic carbocycles. The van der Waals surface area contributed by atoms with Gasteiger partial charge in [-0.25, -0.2) is 0 Å². The molecule has 0 bridgehead atoms. The molecule has 0 saturated carbocycles. The quantitative estimate of drug-likeness (QED) is 0.219. The Labute approximate surface area is 236 Å². The van der Waals surface area contributed by atoms with Crippen molar-refractivity contribution in [1.82, 2.24) is 13.7 Å². The second kappa shape index (κ2) is 8.48. The summed E-state index contributed by atoms with van der Waals surface area (Å²) >= 11 is 0. The van der Waals surface area contributed by atoms with Crippen LogP contribution in [-0.2, 0) is 0 Å². The number of para-hydroxylation sites is 4. The topological polar surface area (TPSA) is 14.8 Å². The highest BCUT2D eigenvalue weighted by atomic mass is 15.0. The molecular weight excluding hydrogens is 498 g/mol. The number of hydrogen-bond donors (Lipinski definition) is 0. The van der Waals surface area contributed by atoms with Crippen LogP contribution in [0.5, 0.6) is 0 Å². The maximum atomic E-state index is 2.42. The van der Waals surface area contributed by atoms with Gasteiger partial charge in [-0.2, -0.15) is 0 Å². The zero-order valence-electron chi connectivity index (χ0n) is 22.3. The third-order valence-corrected chi connectivity index (χ3v) is 8.44. The van der Waals surface area contributed by atoms with E-state index in [-0.39, 0.29) is 0 Å². The predicted octanol–water partition coefficient (Wildman–Crippen LogP) is 9.82. The zero-order valence-corrected chi connectivity index (χ0v) is 22.3. The number of aromatic nitrogens is 3. The molecule has 41 heavy (non-hydrogen) atoms. The first-order chi connectivity index (χ1) is 20.3. The van der Waals surface area contributed by atoms with Crippen molar-refractivity contribution in [3.8, 4) is 17.1 Å². The van der Waals surface area contributed by atoms with E-state index in [4.69, 9.17) is 0 Å². The fourth-order valence-corrected chi connectivity index (χ4v) is 6.66. The van der Waals surface area contributed by atoms with Crippen LogP contribution in [0.3, 0.4) is 0 Å². The Balaban J connectivity index is 1.34. The highest BCUT2D eigenvalue weighted by Gasteiger charge is 2.17. The lowest BCUT2D eigenvalue weighted by Crippen LogP contribution is -1.98. The van der Waals surface area contributed by atoms with Gasteiger partial charge in [-0.1, -0.05) is 78.9 Å². The average Bonchev–Trinajstić information content (AvgIpc) is 3.70. The molecule has 0 radical (unpaired) electrons. The van der Waals surface area contributed by atoms with E-state index in [1.807, 2.05) is 0 Å². The lowest BCUT2D eigenvalue weighted by atomic mass is 10.1. The lowest BCUT2D eigenvalue weighted by molar-refractivity contribution is 1.12. The van der Waals surface area contributed by atoms with Crippen molar-refractivity contribution in [2.45, 2.75) is 0 Å². The van der Waals surface area contributed by atoms with Crippen molar-refractivity contribution in [2.24, 2.45) is 0 Å². The predicted molar refractivity (Wildman–Crippen MR) is 172 cm³/mol. The van der Waals surface area contributed by atoms with E-state index < -0.39 is 0 Å². The van der Waals surface area contributed by atoms with Gasteiger partial charge in [0.1, 0.15) is 0 Å². The van der Waals surface area contributed by atoms with Crippen LogP contribution in [0.1, 0.15) is 0 Å². The number of hydrogen-bond acceptors (Lipinski definition) is 0. The molecule has 3 heteroatoms. The first kappa shape index (κ1) is 22.3. The number of nitrogens with zero attached hydrogens (tertiary/aromatic N) is 3. The summed E-state index contributed by atoms with van der Waals surface area (Å²) in [6.07, 6.45) is 2.17. The Morgan fingerprint density at radius 3 is 1.46 bits per heavy atom. The normalized spacial score (nSPS) is 11.9. The van der Waals surface area contributed by atoms with Gasteiger partial charge in [-0.3, -0.25) is 0 Å². The van der Waals surface area contributed by atoms with Gasteiger partial charge in [0.15, 0.2) is 0 Å². The molecule has 6 aromatic carbocycles. The molecule has 0 aliphatic heterocycles.